The van der Waals surface area contributed by atoms with Crippen molar-refractivity contribution in [2.24, 2.45) is 5.10 Å². The Morgan fingerprint density at radius 1 is 1.29 bits per heavy atom. The minimum Gasteiger partial charge on any atom is -0.437 e. The fourth-order valence-electron chi connectivity index (χ4n) is 3.40. The van der Waals surface area contributed by atoms with Gasteiger partial charge in [0.25, 0.3) is 5.04 Å². The second-order valence-electron chi connectivity index (χ2n) is 6.48. The molecule has 144 valence electrons. The van der Waals surface area contributed by atoms with Crippen molar-refractivity contribution in [3.05, 3.63) is 42.0 Å². The van der Waals surface area contributed by atoms with Crippen LogP contribution in [0.3, 0.4) is 0 Å². The van der Waals surface area contributed by atoms with Crippen LogP contribution >= 0.6 is 0 Å². The zero-order chi connectivity index (χ0) is 19.8. The summed E-state index contributed by atoms with van der Waals surface area (Å²) < 4.78 is 32.4. The Bertz CT molecular complexity index is 1090. The van der Waals surface area contributed by atoms with Crippen molar-refractivity contribution in [3.8, 4) is 5.82 Å². The molecule has 0 atom stereocenters. The lowest BCUT2D eigenvalue weighted by molar-refractivity contribution is -0.143. The number of nitrogens with one attached hydrogen (secondary N) is 1. The first-order chi connectivity index (χ1) is 13.5. The molecule has 0 radical (unpaired) electrons. The average Bonchev–Trinajstić information content (AvgIpc) is 3.18. The zero-order valence-corrected chi connectivity index (χ0v) is 15.5. The van der Waals surface area contributed by atoms with Crippen LogP contribution in [0.1, 0.15) is 32.1 Å². The van der Waals surface area contributed by atoms with Gasteiger partial charge in [-0.2, -0.15) is 10.2 Å². The molecule has 0 amide bonds. The maximum absolute atomic E-state index is 12.9. The number of pyridine rings is 1. The molecule has 1 spiro atoms. The maximum atomic E-state index is 12.9. The van der Waals surface area contributed by atoms with Gasteiger partial charge < -0.3 is 4.74 Å². The molecule has 28 heavy (non-hydrogen) atoms. The summed E-state index contributed by atoms with van der Waals surface area (Å²) in [5.41, 5.74) is 2.62. The molecule has 0 bridgehead atoms. The first-order valence-electron chi connectivity index (χ1n) is 8.67. The largest absolute Gasteiger partial charge is 0.437 e. The highest BCUT2D eigenvalue weighted by Gasteiger charge is 2.59. The van der Waals surface area contributed by atoms with E-state index in [1.807, 2.05) is 0 Å². The molecule has 2 aliphatic rings. The Hall–Kier alpha value is -3.26. The van der Waals surface area contributed by atoms with E-state index in [2.05, 4.69) is 25.5 Å². The summed E-state index contributed by atoms with van der Waals surface area (Å²) in [6.07, 6.45) is 5.61. The summed E-state index contributed by atoms with van der Waals surface area (Å²) in [6.45, 7) is 7.27. The highest BCUT2D eigenvalue weighted by Crippen LogP contribution is 2.41. The molecule has 3 heterocycles. The average molecular weight is 400 g/mol. The normalized spacial score (nSPS) is 21.4. The van der Waals surface area contributed by atoms with Crippen LogP contribution in [0.15, 0.2) is 35.7 Å². The fourth-order valence-corrected chi connectivity index (χ4v) is 5.19. The predicted octanol–water partition coefficient (Wildman–Crippen LogP) is 2.18. The standard InChI is InChI=1S/C17H16N6O4S/c1-18-12-11-20-23(13-7-3-6-10-19-13)14(12)21-22-15-16(24)27-17(28(15,25)26)8-4-2-5-9-17/h3,6-7,10-11,21H,2,4-5,8-9H2. The van der Waals surface area contributed by atoms with Gasteiger partial charge in [-0.05, 0) is 25.0 Å². The number of aromatic nitrogens is 3. The summed E-state index contributed by atoms with van der Waals surface area (Å²) in [6, 6.07) is 5.13. The van der Waals surface area contributed by atoms with Crippen LogP contribution in [-0.2, 0) is 19.4 Å². The number of ether oxygens (including phenoxy) is 1. The molecular formula is C17H16N6O4S. The fraction of sp³-hybridized carbons (Fsp3) is 0.353. The second kappa shape index (κ2) is 6.72. The quantitative estimate of drug-likeness (QED) is 0.476. The number of nitrogens with zero attached hydrogens (tertiary/aromatic N) is 5. The number of hydrogen-bond acceptors (Lipinski definition) is 8. The number of rotatable bonds is 3. The van der Waals surface area contributed by atoms with Crippen LogP contribution in [-0.4, -0.2) is 39.1 Å². The number of anilines is 1. The van der Waals surface area contributed by atoms with Crippen molar-refractivity contribution in [2.75, 3.05) is 5.43 Å². The van der Waals surface area contributed by atoms with Gasteiger partial charge >= 0.3 is 5.97 Å². The van der Waals surface area contributed by atoms with Crippen molar-refractivity contribution in [2.45, 2.75) is 37.0 Å². The van der Waals surface area contributed by atoms with Crippen molar-refractivity contribution < 1.29 is 17.9 Å². The van der Waals surface area contributed by atoms with E-state index >= 15 is 0 Å². The summed E-state index contributed by atoms with van der Waals surface area (Å²) in [5.74, 6) is -0.475. The summed E-state index contributed by atoms with van der Waals surface area (Å²) in [5, 5.41) is 7.22. The molecule has 1 N–H and O–H groups in total. The number of carbonyl (C=O) groups is 1. The van der Waals surface area contributed by atoms with Gasteiger partial charge in [0, 0.05) is 19.0 Å². The lowest BCUT2D eigenvalue weighted by atomic mass is 9.97. The Labute approximate surface area is 161 Å². The van der Waals surface area contributed by atoms with Gasteiger partial charge in [-0.15, -0.1) is 0 Å². The first-order valence-corrected chi connectivity index (χ1v) is 10.2. The molecule has 4 rings (SSSR count). The maximum Gasteiger partial charge on any atom is 0.372 e. The molecular weight excluding hydrogens is 384 g/mol. The van der Waals surface area contributed by atoms with E-state index in [0.717, 1.165) is 6.42 Å². The Kier molecular flexibility index (Phi) is 4.35. The Morgan fingerprint density at radius 3 is 2.75 bits per heavy atom. The van der Waals surface area contributed by atoms with E-state index < -0.39 is 25.8 Å². The van der Waals surface area contributed by atoms with Gasteiger partial charge in [0.2, 0.25) is 20.5 Å². The molecule has 2 fully saturated rings. The van der Waals surface area contributed by atoms with Crippen LogP contribution in [0.4, 0.5) is 11.5 Å². The first kappa shape index (κ1) is 18.1. The van der Waals surface area contributed by atoms with E-state index in [4.69, 9.17) is 11.3 Å². The molecule has 1 aliphatic heterocycles. The highest BCUT2D eigenvalue weighted by atomic mass is 32.2. The molecule has 10 nitrogen and oxygen atoms in total. The van der Waals surface area contributed by atoms with Crippen LogP contribution < -0.4 is 5.43 Å². The monoisotopic (exact) mass is 400 g/mol. The van der Waals surface area contributed by atoms with Gasteiger partial charge in [-0.3, -0.25) is 5.43 Å². The lowest BCUT2D eigenvalue weighted by Gasteiger charge is -2.29. The van der Waals surface area contributed by atoms with E-state index in [1.165, 1.54) is 10.9 Å². The summed E-state index contributed by atoms with van der Waals surface area (Å²) >= 11 is 0. The third-order valence-corrected chi connectivity index (χ3v) is 7.05. The topological polar surface area (TPSA) is 120 Å². The SMILES string of the molecule is [C-]#[N+]c1cnn(-c2ccccn2)c1NN=C1C(=O)OC2(CCCCC2)S1(=O)=O. The zero-order valence-electron chi connectivity index (χ0n) is 14.7. The second-order valence-corrected chi connectivity index (χ2v) is 8.62. The third kappa shape index (κ3) is 2.73. The smallest absolute Gasteiger partial charge is 0.372 e. The van der Waals surface area contributed by atoms with Crippen LogP contribution in [0, 0.1) is 6.57 Å². The number of hydrazone groups is 1. The lowest BCUT2D eigenvalue weighted by Crippen LogP contribution is -2.39. The molecule has 0 aromatic carbocycles. The van der Waals surface area contributed by atoms with E-state index in [0.29, 0.717) is 18.7 Å². The molecule has 1 saturated carbocycles. The van der Waals surface area contributed by atoms with Crippen molar-refractivity contribution >= 4 is 32.4 Å². The summed E-state index contributed by atoms with van der Waals surface area (Å²) in [4.78, 5) is 18.2. The number of sulfone groups is 1. The van der Waals surface area contributed by atoms with Gasteiger partial charge in [-0.25, -0.2) is 27.7 Å². The van der Waals surface area contributed by atoms with Crippen molar-refractivity contribution in [1.29, 1.82) is 0 Å². The molecule has 11 heteroatoms. The van der Waals surface area contributed by atoms with Gasteiger partial charge in [0.15, 0.2) is 11.6 Å². The molecule has 2 aromatic heterocycles. The van der Waals surface area contributed by atoms with Gasteiger partial charge in [0.05, 0.1) is 12.8 Å². The van der Waals surface area contributed by atoms with Gasteiger partial charge in [-0.1, -0.05) is 12.5 Å². The highest BCUT2D eigenvalue weighted by molar-refractivity contribution is 8.09. The third-order valence-electron chi connectivity index (χ3n) is 4.81. The minimum atomic E-state index is -4.06. The van der Waals surface area contributed by atoms with E-state index in [1.54, 1.807) is 24.4 Å². The predicted molar refractivity (Wildman–Crippen MR) is 99.5 cm³/mol. The molecule has 0 unspecified atom stereocenters. The minimum absolute atomic E-state index is 0.103. The van der Waals surface area contributed by atoms with Crippen LogP contribution in [0.25, 0.3) is 10.7 Å². The number of esters is 1. The Morgan fingerprint density at radius 2 is 2.07 bits per heavy atom. The molecule has 1 aliphatic carbocycles. The van der Waals surface area contributed by atoms with E-state index in [9.17, 15) is 13.2 Å². The van der Waals surface area contributed by atoms with Crippen LogP contribution in [0.5, 0.6) is 0 Å². The Balaban J connectivity index is 1.71. The number of hydrogen-bond donors (Lipinski definition) is 1. The molecule has 2 aromatic rings. The van der Waals surface area contributed by atoms with E-state index in [-0.39, 0.29) is 24.3 Å². The van der Waals surface area contributed by atoms with Crippen molar-refractivity contribution in [1.82, 2.24) is 14.8 Å². The number of carbonyl (C=O) groups excluding carboxylic acids is 1. The summed E-state index contributed by atoms with van der Waals surface area (Å²) in [7, 11) is -4.06. The van der Waals surface area contributed by atoms with Crippen molar-refractivity contribution in [3.63, 3.8) is 0 Å². The van der Waals surface area contributed by atoms with Gasteiger partial charge in [0.1, 0.15) is 0 Å². The molecule has 1 saturated heterocycles. The van der Waals surface area contributed by atoms with Crippen LogP contribution in [0.2, 0.25) is 0 Å².